The molecule has 0 atom stereocenters. The van der Waals surface area contributed by atoms with E-state index in [-0.39, 0.29) is 16.2 Å². The molecular weight excluding hydrogens is 480 g/mol. The van der Waals surface area contributed by atoms with E-state index >= 15 is 0 Å². The largest absolute Gasteiger partial charge is 0.493 e. The minimum Gasteiger partial charge on any atom is -0.493 e. The number of hydrazone groups is 1. The van der Waals surface area contributed by atoms with E-state index in [1.807, 2.05) is 31.2 Å². The average Bonchev–Trinajstić information content (AvgIpc) is 2.89. The number of hydrogen-bond acceptors (Lipinski definition) is 7. The summed E-state index contributed by atoms with van der Waals surface area (Å²) in [6, 6.07) is 22.0. The summed E-state index contributed by atoms with van der Waals surface area (Å²) in [5.41, 5.74) is 1.63. The lowest BCUT2D eigenvalue weighted by molar-refractivity contribution is 0.0734. The Kier molecular flexibility index (Phi) is 7.21. The van der Waals surface area contributed by atoms with Gasteiger partial charge < -0.3 is 14.2 Å². The monoisotopic (exact) mass is 504 g/mol. The van der Waals surface area contributed by atoms with E-state index in [9.17, 15) is 13.2 Å². The van der Waals surface area contributed by atoms with Crippen molar-refractivity contribution in [2.24, 2.45) is 5.10 Å². The summed E-state index contributed by atoms with van der Waals surface area (Å²) in [5, 5.41) is 5.56. The molecule has 184 valence electrons. The molecule has 0 radical (unpaired) electrons. The third-order valence-corrected chi connectivity index (χ3v) is 6.69. The molecular formula is C27H24N2O6S. The Bertz CT molecular complexity index is 1550. The highest BCUT2D eigenvalue weighted by molar-refractivity contribution is 7.89. The maximum absolute atomic E-state index is 12.9. The maximum Gasteiger partial charge on any atom is 0.343 e. The predicted molar refractivity (Wildman–Crippen MR) is 138 cm³/mol. The zero-order chi connectivity index (χ0) is 25.7. The molecule has 0 unspecified atom stereocenters. The van der Waals surface area contributed by atoms with Crippen LogP contribution in [0.2, 0.25) is 0 Å². The third-order valence-electron chi connectivity index (χ3n) is 5.45. The van der Waals surface area contributed by atoms with Crippen LogP contribution in [0.25, 0.3) is 10.8 Å². The Morgan fingerprint density at radius 1 is 0.861 bits per heavy atom. The van der Waals surface area contributed by atoms with Gasteiger partial charge >= 0.3 is 5.97 Å². The SMILES string of the molecule is COc1ccc(C(=O)Oc2ccc3ccccc3c2/C=N/NS(=O)(=O)c2ccc(C)cc2)cc1OC. The minimum atomic E-state index is -3.88. The number of aryl methyl sites for hydroxylation is 1. The second-order valence-corrected chi connectivity index (χ2v) is 9.48. The van der Waals surface area contributed by atoms with Crippen molar-refractivity contribution in [1.29, 1.82) is 0 Å². The molecule has 0 spiro atoms. The van der Waals surface area contributed by atoms with Crippen LogP contribution < -0.4 is 19.0 Å². The highest BCUT2D eigenvalue weighted by Gasteiger charge is 2.17. The molecule has 4 aromatic rings. The fourth-order valence-corrected chi connectivity index (χ4v) is 4.34. The summed E-state index contributed by atoms with van der Waals surface area (Å²) in [5.74, 6) is 0.457. The number of hydrogen-bond donors (Lipinski definition) is 1. The van der Waals surface area contributed by atoms with E-state index in [1.165, 1.54) is 38.6 Å². The Morgan fingerprint density at radius 3 is 2.28 bits per heavy atom. The van der Waals surface area contributed by atoms with Crippen LogP contribution in [0.5, 0.6) is 17.2 Å². The summed E-state index contributed by atoms with van der Waals surface area (Å²) in [6.45, 7) is 1.87. The lowest BCUT2D eigenvalue weighted by Gasteiger charge is -2.12. The van der Waals surface area contributed by atoms with Gasteiger partial charge in [0, 0.05) is 5.56 Å². The molecule has 0 fully saturated rings. The molecule has 0 saturated carbocycles. The van der Waals surface area contributed by atoms with E-state index in [0.717, 1.165) is 16.3 Å². The number of rotatable bonds is 8. The van der Waals surface area contributed by atoms with Crippen LogP contribution >= 0.6 is 0 Å². The molecule has 0 aliphatic rings. The number of carbonyl (C=O) groups excluding carboxylic acids is 1. The Morgan fingerprint density at radius 2 is 1.56 bits per heavy atom. The van der Waals surface area contributed by atoms with Crippen LogP contribution in [0.3, 0.4) is 0 Å². The molecule has 0 amide bonds. The first kappa shape index (κ1) is 24.7. The highest BCUT2D eigenvalue weighted by Crippen LogP contribution is 2.30. The number of nitrogens with zero attached hydrogens (tertiary/aromatic N) is 1. The number of sulfonamides is 1. The molecule has 0 heterocycles. The molecule has 0 aliphatic heterocycles. The first-order valence-corrected chi connectivity index (χ1v) is 12.4. The van der Waals surface area contributed by atoms with Crippen LogP contribution in [0.4, 0.5) is 0 Å². The van der Waals surface area contributed by atoms with Gasteiger partial charge in [0.15, 0.2) is 11.5 Å². The quantitative estimate of drug-likeness (QED) is 0.162. The standard InChI is InChI=1S/C27H24N2O6S/c1-18-8-12-21(13-9-18)36(31,32)29-28-17-23-22-7-5-4-6-19(22)10-14-24(23)35-27(30)20-11-15-25(33-2)26(16-20)34-3/h4-17,29H,1-3H3/b28-17+. The van der Waals surface area contributed by atoms with Gasteiger partial charge in [0.2, 0.25) is 0 Å². The lowest BCUT2D eigenvalue weighted by Crippen LogP contribution is -2.18. The van der Waals surface area contributed by atoms with E-state index in [4.69, 9.17) is 14.2 Å². The molecule has 8 nitrogen and oxygen atoms in total. The molecule has 4 rings (SSSR count). The molecule has 0 saturated heterocycles. The Balaban J connectivity index is 1.66. The number of carbonyl (C=O) groups is 1. The molecule has 9 heteroatoms. The molecule has 36 heavy (non-hydrogen) atoms. The molecule has 0 aromatic heterocycles. The zero-order valence-corrected chi connectivity index (χ0v) is 20.7. The van der Waals surface area contributed by atoms with E-state index in [0.29, 0.717) is 17.1 Å². The average molecular weight is 505 g/mol. The van der Waals surface area contributed by atoms with Gasteiger partial charge in [-0.05, 0) is 54.1 Å². The van der Waals surface area contributed by atoms with Crippen LogP contribution in [-0.4, -0.2) is 34.8 Å². The topological polar surface area (TPSA) is 103 Å². The van der Waals surface area contributed by atoms with Crippen LogP contribution in [0.1, 0.15) is 21.5 Å². The second kappa shape index (κ2) is 10.5. The number of nitrogens with one attached hydrogen (secondary N) is 1. The van der Waals surface area contributed by atoms with Gasteiger partial charge in [0.1, 0.15) is 5.75 Å². The number of ether oxygens (including phenoxy) is 3. The van der Waals surface area contributed by atoms with Gasteiger partial charge in [0.25, 0.3) is 10.0 Å². The van der Waals surface area contributed by atoms with Gasteiger partial charge in [-0.3, -0.25) is 0 Å². The zero-order valence-electron chi connectivity index (χ0n) is 19.9. The highest BCUT2D eigenvalue weighted by atomic mass is 32.2. The Hall–Kier alpha value is -4.37. The molecule has 0 bridgehead atoms. The van der Waals surface area contributed by atoms with Gasteiger partial charge in [-0.25, -0.2) is 9.63 Å². The number of benzene rings is 4. The first-order chi connectivity index (χ1) is 17.3. The summed E-state index contributed by atoms with van der Waals surface area (Å²) in [7, 11) is -0.897. The van der Waals surface area contributed by atoms with Crippen LogP contribution in [0.15, 0.2) is 88.9 Å². The van der Waals surface area contributed by atoms with Crippen molar-refractivity contribution in [1.82, 2.24) is 4.83 Å². The molecule has 1 N–H and O–H groups in total. The van der Waals surface area contributed by atoms with Gasteiger partial charge in [-0.1, -0.05) is 48.0 Å². The summed E-state index contributed by atoms with van der Waals surface area (Å²) >= 11 is 0. The third kappa shape index (κ3) is 5.31. The summed E-state index contributed by atoms with van der Waals surface area (Å²) in [4.78, 5) is 15.2. The smallest absolute Gasteiger partial charge is 0.343 e. The summed E-state index contributed by atoms with van der Waals surface area (Å²) < 4.78 is 41.4. The fraction of sp³-hybridized carbons (Fsp3) is 0.111. The molecule has 4 aromatic carbocycles. The van der Waals surface area contributed by atoms with E-state index in [1.54, 1.807) is 36.4 Å². The van der Waals surface area contributed by atoms with Crippen molar-refractivity contribution < 1.29 is 27.4 Å². The number of esters is 1. The van der Waals surface area contributed by atoms with Crippen molar-refractivity contribution in [3.63, 3.8) is 0 Å². The minimum absolute atomic E-state index is 0.0864. The lowest BCUT2D eigenvalue weighted by atomic mass is 10.0. The van der Waals surface area contributed by atoms with Gasteiger partial charge in [-0.2, -0.15) is 13.5 Å². The van der Waals surface area contributed by atoms with Crippen LogP contribution in [-0.2, 0) is 10.0 Å². The predicted octanol–water partition coefficient (Wildman–Crippen LogP) is 4.70. The fourth-order valence-electron chi connectivity index (χ4n) is 3.55. The van der Waals surface area contributed by atoms with Crippen molar-refractivity contribution in [2.45, 2.75) is 11.8 Å². The van der Waals surface area contributed by atoms with Crippen LogP contribution in [0, 0.1) is 6.92 Å². The first-order valence-electron chi connectivity index (χ1n) is 10.9. The number of fused-ring (bicyclic) bond motifs is 1. The van der Waals surface area contributed by atoms with E-state index in [2.05, 4.69) is 9.93 Å². The van der Waals surface area contributed by atoms with Gasteiger partial charge in [-0.15, -0.1) is 0 Å². The van der Waals surface area contributed by atoms with Gasteiger partial charge in [0.05, 0.1) is 30.9 Å². The summed E-state index contributed by atoms with van der Waals surface area (Å²) in [6.07, 6.45) is 1.32. The normalized spacial score (nSPS) is 11.4. The van der Waals surface area contributed by atoms with E-state index < -0.39 is 16.0 Å². The Labute approximate surface area is 209 Å². The molecule has 0 aliphatic carbocycles. The van der Waals surface area contributed by atoms with Crippen molar-refractivity contribution in [3.8, 4) is 17.2 Å². The number of methoxy groups -OCH3 is 2. The maximum atomic E-state index is 12.9. The van der Waals surface area contributed by atoms with Crippen molar-refractivity contribution in [2.75, 3.05) is 14.2 Å². The van der Waals surface area contributed by atoms with Crippen molar-refractivity contribution >= 4 is 33.0 Å². The second-order valence-electron chi connectivity index (χ2n) is 7.82. The van der Waals surface area contributed by atoms with Crippen molar-refractivity contribution in [3.05, 3.63) is 95.6 Å².